The number of para-hydroxylation sites is 1. The normalized spacial score (nSPS) is 15.8. The minimum atomic E-state index is -3.88. The van der Waals surface area contributed by atoms with E-state index in [4.69, 9.17) is 0 Å². The highest BCUT2D eigenvalue weighted by Gasteiger charge is 2.39. The lowest BCUT2D eigenvalue weighted by molar-refractivity contribution is -0.125. The van der Waals surface area contributed by atoms with Gasteiger partial charge in [0.2, 0.25) is 21.1 Å². The SMILES string of the molecule is Cc1ccc(S(=O)(=O)N2Cc3ccccc3C[C@@H]2C(=O)NCCSc2nnnn2-c2ccccc2)cc1. The average molecular weight is 535 g/mol. The first-order valence-electron chi connectivity index (χ1n) is 11.8. The summed E-state index contributed by atoms with van der Waals surface area (Å²) < 4.78 is 30.2. The molecule has 1 aliphatic rings. The molecule has 0 saturated heterocycles. The van der Waals surface area contributed by atoms with E-state index in [0.29, 0.717) is 23.9 Å². The summed E-state index contributed by atoms with van der Waals surface area (Å²) in [6.45, 7) is 2.38. The number of sulfonamides is 1. The molecule has 0 fully saturated rings. The number of hydrogen-bond acceptors (Lipinski definition) is 7. The van der Waals surface area contributed by atoms with E-state index in [2.05, 4.69) is 20.8 Å². The lowest BCUT2D eigenvalue weighted by Crippen LogP contribution is -2.52. The number of aryl methyl sites for hydroxylation is 1. The Morgan fingerprint density at radius 1 is 1.00 bits per heavy atom. The van der Waals surface area contributed by atoms with E-state index in [9.17, 15) is 13.2 Å². The van der Waals surface area contributed by atoms with Gasteiger partial charge in [0, 0.05) is 18.8 Å². The van der Waals surface area contributed by atoms with Gasteiger partial charge in [-0.25, -0.2) is 8.42 Å². The molecule has 5 rings (SSSR count). The molecular weight excluding hydrogens is 508 g/mol. The van der Waals surface area contributed by atoms with Crippen molar-refractivity contribution in [1.82, 2.24) is 29.8 Å². The van der Waals surface area contributed by atoms with Crippen LogP contribution in [0.3, 0.4) is 0 Å². The van der Waals surface area contributed by atoms with Crippen molar-refractivity contribution in [2.24, 2.45) is 0 Å². The third kappa shape index (κ3) is 5.43. The van der Waals surface area contributed by atoms with Crippen molar-refractivity contribution in [3.63, 3.8) is 0 Å². The summed E-state index contributed by atoms with van der Waals surface area (Å²) >= 11 is 1.41. The van der Waals surface area contributed by atoms with Gasteiger partial charge >= 0.3 is 0 Å². The Balaban J connectivity index is 1.29. The number of aromatic nitrogens is 4. The Morgan fingerprint density at radius 3 is 2.46 bits per heavy atom. The molecule has 9 nitrogen and oxygen atoms in total. The molecule has 1 atom stereocenters. The van der Waals surface area contributed by atoms with Gasteiger partial charge in [-0.3, -0.25) is 4.79 Å². The molecule has 11 heteroatoms. The highest BCUT2D eigenvalue weighted by Crippen LogP contribution is 2.29. The van der Waals surface area contributed by atoms with Crippen LogP contribution in [0, 0.1) is 6.92 Å². The second-order valence-electron chi connectivity index (χ2n) is 8.70. The predicted octanol–water partition coefficient (Wildman–Crippen LogP) is 2.99. The van der Waals surface area contributed by atoms with Crippen molar-refractivity contribution in [3.05, 3.63) is 95.6 Å². The van der Waals surface area contributed by atoms with Crippen LogP contribution in [0.15, 0.2) is 88.9 Å². The standard InChI is InChI=1S/C26H26N6O3S2/c1-19-11-13-23(14-12-19)37(34,35)31-18-21-8-6-5-7-20(21)17-24(31)25(33)27-15-16-36-26-28-29-30-32(26)22-9-3-2-4-10-22/h2-14,24H,15-18H2,1H3,(H,27,33)/t24-/m1/s1. The number of amides is 1. The topological polar surface area (TPSA) is 110 Å². The molecule has 1 amide bonds. The maximum atomic E-state index is 13.6. The van der Waals surface area contributed by atoms with E-state index in [1.54, 1.807) is 28.9 Å². The number of benzene rings is 3. The van der Waals surface area contributed by atoms with E-state index >= 15 is 0 Å². The van der Waals surface area contributed by atoms with Crippen LogP contribution in [-0.4, -0.2) is 57.2 Å². The number of carbonyl (C=O) groups is 1. The Labute approximate surface area is 219 Å². The van der Waals surface area contributed by atoms with Gasteiger partial charge in [-0.1, -0.05) is 71.9 Å². The Hall–Kier alpha value is -3.54. The number of thioether (sulfide) groups is 1. The Morgan fingerprint density at radius 2 is 1.70 bits per heavy atom. The van der Waals surface area contributed by atoms with Crippen LogP contribution < -0.4 is 5.32 Å². The summed E-state index contributed by atoms with van der Waals surface area (Å²) in [5, 5.41) is 15.4. The summed E-state index contributed by atoms with van der Waals surface area (Å²) in [4.78, 5) is 13.5. The van der Waals surface area contributed by atoms with Gasteiger partial charge in [0.15, 0.2) is 0 Å². The van der Waals surface area contributed by atoms with Crippen LogP contribution in [0.5, 0.6) is 0 Å². The number of carbonyl (C=O) groups excluding carboxylic acids is 1. The minimum absolute atomic E-state index is 0.144. The lowest BCUT2D eigenvalue weighted by Gasteiger charge is -2.35. The van der Waals surface area contributed by atoms with E-state index in [1.165, 1.54) is 16.1 Å². The zero-order chi connectivity index (χ0) is 25.8. The first-order chi connectivity index (χ1) is 17.9. The molecule has 0 spiro atoms. The molecule has 0 saturated carbocycles. The van der Waals surface area contributed by atoms with Gasteiger partial charge < -0.3 is 5.32 Å². The second-order valence-corrected chi connectivity index (χ2v) is 11.7. The summed E-state index contributed by atoms with van der Waals surface area (Å²) in [7, 11) is -3.88. The van der Waals surface area contributed by atoms with Crippen molar-refractivity contribution >= 4 is 27.7 Å². The highest BCUT2D eigenvalue weighted by atomic mass is 32.2. The van der Waals surface area contributed by atoms with E-state index in [1.807, 2.05) is 61.5 Å². The molecule has 0 unspecified atom stereocenters. The third-order valence-electron chi connectivity index (χ3n) is 6.21. The van der Waals surface area contributed by atoms with Crippen molar-refractivity contribution in [2.75, 3.05) is 12.3 Å². The van der Waals surface area contributed by atoms with Crippen molar-refractivity contribution in [3.8, 4) is 5.69 Å². The third-order valence-corrected chi connectivity index (χ3v) is 9.00. The fourth-order valence-electron chi connectivity index (χ4n) is 4.26. The summed E-state index contributed by atoms with van der Waals surface area (Å²) in [5.41, 5.74) is 3.70. The van der Waals surface area contributed by atoms with Gasteiger partial charge in [-0.05, 0) is 59.2 Å². The number of nitrogens with one attached hydrogen (secondary N) is 1. The summed E-state index contributed by atoms with van der Waals surface area (Å²) in [6, 6.07) is 23.1. The molecule has 3 aromatic carbocycles. The van der Waals surface area contributed by atoms with Crippen LogP contribution >= 0.6 is 11.8 Å². The molecule has 37 heavy (non-hydrogen) atoms. The average Bonchev–Trinajstić information content (AvgIpc) is 3.39. The van der Waals surface area contributed by atoms with E-state index < -0.39 is 16.1 Å². The fraction of sp³-hybridized carbons (Fsp3) is 0.231. The minimum Gasteiger partial charge on any atom is -0.354 e. The summed E-state index contributed by atoms with van der Waals surface area (Å²) in [5.74, 6) is 0.195. The molecule has 2 heterocycles. The molecular formula is C26H26N6O3S2. The van der Waals surface area contributed by atoms with Crippen LogP contribution in [0.2, 0.25) is 0 Å². The highest BCUT2D eigenvalue weighted by molar-refractivity contribution is 7.99. The smallest absolute Gasteiger partial charge is 0.244 e. The fourth-order valence-corrected chi connectivity index (χ4v) is 6.57. The van der Waals surface area contributed by atoms with E-state index in [0.717, 1.165) is 22.4 Å². The second kappa shape index (κ2) is 10.8. The zero-order valence-corrected chi connectivity index (χ0v) is 21.8. The molecule has 4 aromatic rings. The predicted molar refractivity (Wildman–Crippen MR) is 141 cm³/mol. The molecule has 1 N–H and O–H groups in total. The van der Waals surface area contributed by atoms with Crippen molar-refractivity contribution < 1.29 is 13.2 Å². The number of hydrogen-bond donors (Lipinski definition) is 1. The molecule has 0 radical (unpaired) electrons. The van der Waals surface area contributed by atoms with Crippen LogP contribution in [-0.2, 0) is 27.8 Å². The van der Waals surface area contributed by atoms with Gasteiger partial charge in [-0.15, -0.1) is 5.10 Å². The Bertz CT molecular complexity index is 1490. The molecule has 0 bridgehead atoms. The van der Waals surface area contributed by atoms with E-state index in [-0.39, 0.29) is 17.3 Å². The van der Waals surface area contributed by atoms with Crippen molar-refractivity contribution in [1.29, 1.82) is 0 Å². The number of tetrazole rings is 1. The Kier molecular flexibility index (Phi) is 7.36. The van der Waals surface area contributed by atoms with Crippen LogP contribution in [0.4, 0.5) is 0 Å². The number of rotatable bonds is 8. The van der Waals surface area contributed by atoms with Gasteiger partial charge in [0.05, 0.1) is 10.6 Å². The summed E-state index contributed by atoms with van der Waals surface area (Å²) in [6.07, 6.45) is 0.312. The maximum Gasteiger partial charge on any atom is 0.244 e. The monoisotopic (exact) mass is 534 g/mol. The lowest BCUT2D eigenvalue weighted by atomic mass is 9.95. The van der Waals surface area contributed by atoms with Gasteiger partial charge in [0.25, 0.3) is 0 Å². The van der Waals surface area contributed by atoms with Gasteiger partial charge in [-0.2, -0.15) is 8.99 Å². The first kappa shape index (κ1) is 25.1. The quantitative estimate of drug-likeness (QED) is 0.273. The largest absolute Gasteiger partial charge is 0.354 e. The van der Waals surface area contributed by atoms with Crippen molar-refractivity contribution in [2.45, 2.75) is 36.0 Å². The molecule has 0 aliphatic carbocycles. The van der Waals surface area contributed by atoms with Gasteiger partial charge in [0.1, 0.15) is 6.04 Å². The zero-order valence-electron chi connectivity index (χ0n) is 20.2. The number of fused-ring (bicyclic) bond motifs is 1. The first-order valence-corrected chi connectivity index (χ1v) is 14.3. The number of nitrogens with zero attached hydrogens (tertiary/aromatic N) is 5. The van der Waals surface area contributed by atoms with Crippen LogP contribution in [0.1, 0.15) is 16.7 Å². The van der Waals surface area contributed by atoms with Crippen LogP contribution in [0.25, 0.3) is 5.69 Å². The molecule has 1 aliphatic heterocycles. The molecule has 1 aromatic heterocycles. The maximum absolute atomic E-state index is 13.6. The molecule has 190 valence electrons.